The van der Waals surface area contributed by atoms with Crippen LogP contribution in [0, 0.1) is 0 Å². The molecular weight excluding hydrogens is 246 g/mol. The monoisotopic (exact) mass is 265 g/mol. The molecule has 1 heterocycles. The lowest BCUT2D eigenvalue weighted by Gasteiger charge is -2.22. The second-order valence-electron chi connectivity index (χ2n) is 5.48. The van der Waals surface area contributed by atoms with Crippen molar-refractivity contribution >= 4 is 6.09 Å². The van der Waals surface area contributed by atoms with E-state index >= 15 is 0 Å². The fourth-order valence-electron chi connectivity index (χ4n) is 1.75. The van der Waals surface area contributed by atoms with Gasteiger partial charge in [-0.1, -0.05) is 6.07 Å². The molecule has 0 spiro atoms. The lowest BCUT2D eigenvalue weighted by atomic mass is 10.1. The van der Waals surface area contributed by atoms with Gasteiger partial charge in [0.25, 0.3) is 0 Å². The second-order valence-corrected chi connectivity index (χ2v) is 5.48. The van der Waals surface area contributed by atoms with E-state index in [-0.39, 0.29) is 12.8 Å². The van der Waals surface area contributed by atoms with Crippen LogP contribution in [0.1, 0.15) is 39.3 Å². The maximum atomic E-state index is 11.7. The van der Waals surface area contributed by atoms with Gasteiger partial charge in [-0.2, -0.15) is 0 Å². The molecule has 0 fully saturated rings. The molecule has 1 N–H and O–H groups in total. The van der Waals surface area contributed by atoms with E-state index in [0.717, 1.165) is 11.3 Å². The molecule has 1 unspecified atom stereocenters. The van der Waals surface area contributed by atoms with Crippen LogP contribution in [0.3, 0.4) is 0 Å². The van der Waals surface area contributed by atoms with Crippen molar-refractivity contribution in [2.75, 3.05) is 6.79 Å². The number of amides is 1. The zero-order valence-corrected chi connectivity index (χ0v) is 11.6. The number of nitrogens with one attached hydrogen (secondary N) is 1. The molecule has 0 saturated carbocycles. The van der Waals surface area contributed by atoms with E-state index in [1.165, 1.54) is 0 Å². The summed E-state index contributed by atoms with van der Waals surface area (Å²) in [5, 5.41) is 2.79. The standard InChI is InChI=1S/C14H19NO4/c1-9(15-13(16)19-14(2,3)4)10-5-6-11-12(7-10)18-8-17-11/h5-7,9H,8H2,1-4H3,(H,15,16). The van der Waals surface area contributed by atoms with Crippen LogP contribution in [0.5, 0.6) is 11.5 Å². The van der Waals surface area contributed by atoms with Crippen LogP contribution >= 0.6 is 0 Å². The minimum atomic E-state index is -0.501. The van der Waals surface area contributed by atoms with Crippen LogP contribution in [-0.2, 0) is 4.74 Å². The number of fused-ring (bicyclic) bond motifs is 1. The highest BCUT2D eigenvalue weighted by molar-refractivity contribution is 5.68. The van der Waals surface area contributed by atoms with Gasteiger partial charge in [0.2, 0.25) is 6.79 Å². The lowest BCUT2D eigenvalue weighted by Crippen LogP contribution is -2.34. The first kappa shape index (κ1) is 13.5. The van der Waals surface area contributed by atoms with E-state index in [1.54, 1.807) is 0 Å². The normalized spacial score (nSPS) is 14.9. The fourth-order valence-corrected chi connectivity index (χ4v) is 1.75. The smallest absolute Gasteiger partial charge is 0.408 e. The first-order chi connectivity index (χ1) is 8.85. The van der Waals surface area contributed by atoms with Crippen LogP contribution in [0.25, 0.3) is 0 Å². The summed E-state index contributed by atoms with van der Waals surface area (Å²) in [6.07, 6.45) is -0.433. The summed E-state index contributed by atoms with van der Waals surface area (Å²) in [4.78, 5) is 11.7. The highest BCUT2D eigenvalue weighted by Gasteiger charge is 2.20. The van der Waals surface area contributed by atoms with Crippen molar-refractivity contribution in [1.29, 1.82) is 0 Å². The van der Waals surface area contributed by atoms with Gasteiger partial charge in [0, 0.05) is 0 Å². The Balaban J connectivity index is 2.00. The molecule has 0 saturated heterocycles. The van der Waals surface area contributed by atoms with E-state index in [0.29, 0.717) is 5.75 Å². The summed E-state index contributed by atoms with van der Waals surface area (Å²) in [6, 6.07) is 5.44. The number of hydrogen-bond acceptors (Lipinski definition) is 4. The van der Waals surface area contributed by atoms with E-state index in [4.69, 9.17) is 14.2 Å². The number of alkyl carbamates (subject to hydrolysis) is 1. The van der Waals surface area contributed by atoms with Crippen molar-refractivity contribution in [2.45, 2.75) is 39.3 Å². The van der Waals surface area contributed by atoms with E-state index in [1.807, 2.05) is 45.9 Å². The summed E-state index contributed by atoms with van der Waals surface area (Å²) >= 11 is 0. The van der Waals surface area contributed by atoms with Crippen LogP contribution in [0.15, 0.2) is 18.2 Å². The molecule has 0 bridgehead atoms. The second kappa shape index (κ2) is 4.99. The molecule has 104 valence electrons. The van der Waals surface area contributed by atoms with Gasteiger partial charge < -0.3 is 19.5 Å². The molecule has 0 radical (unpaired) electrons. The molecule has 19 heavy (non-hydrogen) atoms. The van der Waals surface area contributed by atoms with Crippen molar-refractivity contribution < 1.29 is 19.0 Å². The molecule has 0 aromatic heterocycles. The Morgan fingerprint density at radius 2 is 2.00 bits per heavy atom. The molecule has 5 nitrogen and oxygen atoms in total. The summed E-state index contributed by atoms with van der Waals surface area (Å²) in [6.45, 7) is 7.63. The zero-order valence-electron chi connectivity index (χ0n) is 11.6. The Morgan fingerprint density at radius 1 is 1.32 bits per heavy atom. The molecule has 0 aliphatic carbocycles. The molecule has 1 aliphatic heterocycles. The lowest BCUT2D eigenvalue weighted by molar-refractivity contribution is 0.0508. The molecule has 5 heteroatoms. The number of carbonyl (C=O) groups is 1. The highest BCUT2D eigenvalue weighted by Crippen LogP contribution is 2.34. The van der Waals surface area contributed by atoms with Gasteiger partial charge >= 0.3 is 6.09 Å². The first-order valence-electron chi connectivity index (χ1n) is 6.24. The van der Waals surface area contributed by atoms with Crippen molar-refractivity contribution in [1.82, 2.24) is 5.32 Å². The zero-order chi connectivity index (χ0) is 14.0. The third-order valence-corrected chi connectivity index (χ3v) is 2.63. The Kier molecular flexibility index (Phi) is 3.55. The van der Waals surface area contributed by atoms with Gasteiger partial charge in [0.15, 0.2) is 11.5 Å². The predicted octanol–water partition coefficient (Wildman–Crippen LogP) is 3.00. The Bertz CT molecular complexity index is 479. The third kappa shape index (κ3) is 3.53. The van der Waals surface area contributed by atoms with Crippen LogP contribution in [0.4, 0.5) is 4.79 Å². The van der Waals surface area contributed by atoms with Crippen molar-refractivity contribution in [2.24, 2.45) is 0 Å². The quantitative estimate of drug-likeness (QED) is 0.893. The number of hydrogen-bond donors (Lipinski definition) is 1. The SMILES string of the molecule is CC(NC(=O)OC(C)(C)C)c1ccc2c(c1)OCO2. The topological polar surface area (TPSA) is 56.8 Å². The molecular formula is C14H19NO4. The summed E-state index contributed by atoms with van der Waals surface area (Å²) < 4.78 is 15.8. The largest absolute Gasteiger partial charge is 0.454 e. The number of ether oxygens (including phenoxy) is 3. The van der Waals surface area contributed by atoms with Crippen molar-refractivity contribution in [3.63, 3.8) is 0 Å². The summed E-state index contributed by atoms with van der Waals surface area (Å²) in [5.41, 5.74) is 0.439. The van der Waals surface area contributed by atoms with Crippen LogP contribution in [0.2, 0.25) is 0 Å². The number of benzene rings is 1. The van der Waals surface area contributed by atoms with Gasteiger partial charge in [0.1, 0.15) is 5.60 Å². The highest BCUT2D eigenvalue weighted by atomic mass is 16.7. The van der Waals surface area contributed by atoms with E-state index < -0.39 is 11.7 Å². The van der Waals surface area contributed by atoms with Crippen LogP contribution < -0.4 is 14.8 Å². The Hall–Kier alpha value is -1.91. The van der Waals surface area contributed by atoms with Crippen molar-refractivity contribution in [3.8, 4) is 11.5 Å². The van der Waals surface area contributed by atoms with E-state index in [9.17, 15) is 4.79 Å². The predicted molar refractivity (Wildman–Crippen MR) is 70.3 cm³/mol. The van der Waals surface area contributed by atoms with E-state index in [2.05, 4.69) is 5.32 Å². The number of rotatable bonds is 2. The molecule has 1 amide bonds. The van der Waals surface area contributed by atoms with Crippen molar-refractivity contribution in [3.05, 3.63) is 23.8 Å². The molecule has 1 aromatic rings. The third-order valence-electron chi connectivity index (χ3n) is 2.63. The molecule has 1 aliphatic rings. The first-order valence-corrected chi connectivity index (χ1v) is 6.24. The minimum Gasteiger partial charge on any atom is -0.454 e. The Morgan fingerprint density at radius 3 is 2.68 bits per heavy atom. The summed E-state index contributed by atoms with van der Waals surface area (Å²) in [5.74, 6) is 1.43. The Labute approximate surface area is 112 Å². The average Bonchev–Trinajstić information content (AvgIpc) is 2.72. The van der Waals surface area contributed by atoms with Gasteiger partial charge in [-0.25, -0.2) is 4.79 Å². The molecule has 1 aromatic carbocycles. The molecule has 1 atom stereocenters. The summed E-state index contributed by atoms with van der Waals surface area (Å²) in [7, 11) is 0. The molecule has 2 rings (SSSR count). The van der Waals surface area contributed by atoms with Crippen LogP contribution in [-0.4, -0.2) is 18.5 Å². The maximum Gasteiger partial charge on any atom is 0.408 e. The van der Waals surface area contributed by atoms with Gasteiger partial charge in [-0.3, -0.25) is 0 Å². The fraction of sp³-hybridized carbons (Fsp3) is 0.500. The van der Waals surface area contributed by atoms with Gasteiger partial charge in [-0.05, 0) is 45.4 Å². The number of carbonyl (C=O) groups excluding carboxylic acids is 1. The average molecular weight is 265 g/mol. The van der Waals surface area contributed by atoms with Gasteiger partial charge in [0.05, 0.1) is 6.04 Å². The maximum absolute atomic E-state index is 11.7. The minimum absolute atomic E-state index is 0.163. The van der Waals surface area contributed by atoms with Gasteiger partial charge in [-0.15, -0.1) is 0 Å².